The predicted octanol–water partition coefficient (Wildman–Crippen LogP) is 10.7. The Hall–Kier alpha value is -8.75. The fourth-order valence-corrected chi connectivity index (χ4v) is 16.6. The van der Waals surface area contributed by atoms with Crippen molar-refractivity contribution in [3.05, 3.63) is 162 Å². The Morgan fingerprint density at radius 3 is 2.45 bits per heavy atom. The maximum Gasteiger partial charge on any atom is 0.490 e. The number of nitrogens with zero attached hydrogens (tertiary/aromatic N) is 10. The van der Waals surface area contributed by atoms with Crippen molar-refractivity contribution in [1.82, 2.24) is 25.2 Å². The van der Waals surface area contributed by atoms with Crippen LogP contribution in [0.25, 0.3) is 31.9 Å². The van der Waals surface area contributed by atoms with Gasteiger partial charge in [-0.15, -0.1) is 0 Å². The summed E-state index contributed by atoms with van der Waals surface area (Å²) in [6.45, 7) is 13.0. The molecule has 36 nitrogen and oxygen atoms in total. The number of rotatable bonds is 41. The molecule has 110 heavy (non-hydrogen) atoms. The number of carbonyl (C=O) groups excluding carboxylic acids is 3. The SMILES string of the molecule is CCCN1\C(=C/C=C/C=C/C2=[N+](CCC)c3ccc(C)cc3C2(C)C)C(C)(CCCCCC(=O)CCCNC(=O)c2cccc(OCC(N=[N+]=[N-])OCCOCC(=O)NCC#Cc3cn([C@H]4C[C@@H](O[C@](C)(F)N=[N+]=[N-])[C@@H](COP(=O)(O)OP(=O)(O)OP(=O)(O)O)O4)c4nc(N)[nH]c(=O)c34)c2)c2cc(S(=O)(=O)O)ccc21. The highest BCUT2D eigenvalue weighted by Crippen LogP contribution is 2.66. The van der Waals surface area contributed by atoms with Crippen molar-refractivity contribution < 1.29 is 106 Å². The molecule has 0 radical (unpaired) electrons. The Kier molecular flexibility index (Phi) is 30.0. The van der Waals surface area contributed by atoms with Gasteiger partial charge >= 0.3 is 23.5 Å². The van der Waals surface area contributed by atoms with Crippen molar-refractivity contribution in [2.45, 2.75) is 159 Å². The van der Waals surface area contributed by atoms with E-state index in [1.165, 1.54) is 45.4 Å². The number of nitrogens with one attached hydrogen (secondary N) is 3. The van der Waals surface area contributed by atoms with Crippen molar-refractivity contribution in [2.75, 3.05) is 69.8 Å². The molecular weight excluding hydrogens is 1520 g/mol. The smallest absolute Gasteiger partial charge is 0.490 e. The van der Waals surface area contributed by atoms with E-state index in [0.29, 0.717) is 39.2 Å². The van der Waals surface area contributed by atoms with Crippen LogP contribution < -0.4 is 31.6 Å². The number of phosphoric acid groups is 3. The van der Waals surface area contributed by atoms with Crippen molar-refractivity contribution in [3.63, 3.8) is 0 Å². The first-order chi connectivity index (χ1) is 51.9. The van der Waals surface area contributed by atoms with Gasteiger partial charge in [-0.3, -0.25) is 33.2 Å². The Labute approximate surface area is 632 Å². The van der Waals surface area contributed by atoms with Crippen LogP contribution in [0.5, 0.6) is 5.75 Å². The molecule has 8 atom stereocenters. The number of hydrogen-bond donors (Lipinski definition) is 9. The van der Waals surface area contributed by atoms with Crippen LogP contribution in [-0.4, -0.2) is 159 Å². The lowest BCUT2D eigenvalue weighted by Gasteiger charge is -2.30. The van der Waals surface area contributed by atoms with Gasteiger partial charge in [0.05, 0.1) is 53.7 Å². The Balaban J connectivity index is 0.758. The normalized spacial score (nSPS) is 19.8. The molecule has 3 aliphatic heterocycles. The lowest BCUT2D eigenvalue weighted by atomic mass is 9.77. The van der Waals surface area contributed by atoms with Crippen LogP contribution >= 0.6 is 23.5 Å². The minimum Gasteiger partial charge on any atom is -0.491 e. The van der Waals surface area contributed by atoms with Gasteiger partial charge in [-0.05, 0) is 124 Å². The second kappa shape index (κ2) is 38.0. The lowest BCUT2D eigenvalue weighted by Crippen LogP contribution is -2.35. The molecule has 0 aliphatic carbocycles. The number of aromatic amines is 1. The minimum absolute atomic E-state index is 0.0164. The predicted molar refractivity (Wildman–Crippen MR) is 400 cm³/mol. The van der Waals surface area contributed by atoms with E-state index in [1.54, 1.807) is 30.3 Å². The number of benzene rings is 3. The molecule has 4 unspecified atom stereocenters. The third-order valence-electron chi connectivity index (χ3n) is 17.9. The summed E-state index contributed by atoms with van der Waals surface area (Å²) in [7, 11) is -21.9. The van der Waals surface area contributed by atoms with Gasteiger partial charge in [0.1, 0.15) is 43.6 Å². The highest BCUT2D eigenvalue weighted by molar-refractivity contribution is 7.85. The van der Waals surface area contributed by atoms with Crippen LogP contribution in [0, 0.1) is 18.8 Å². The largest absolute Gasteiger partial charge is 0.491 e. The van der Waals surface area contributed by atoms with Gasteiger partial charge in [-0.2, -0.15) is 26.6 Å². The number of amides is 2. The van der Waals surface area contributed by atoms with Crippen LogP contribution in [0.4, 0.5) is 21.7 Å². The molecule has 594 valence electrons. The zero-order valence-electron chi connectivity index (χ0n) is 61.3. The fraction of sp³-hybridized carbons (Fsp3) is 0.478. The van der Waals surface area contributed by atoms with Crippen molar-refractivity contribution >= 4 is 85.3 Å². The molecule has 1 saturated heterocycles. The van der Waals surface area contributed by atoms with E-state index in [9.17, 15) is 61.2 Å². The van der Waals surface area contributed by atoms with E-state index < -0.39 is 107 Å². The molecule has 0 bridgehead atoms. The standard InChI is InChI=1S/C69H88FN14O22P3S/c1-8-33-82-53-28-26-45(3)37-51(53)67(4,5)57(82)24-13-10-14-25-58-68(6,52-39-50(110(96,97)98)27-29-54(52)83(58)34-9-2)30-15-11-12-21-48(85)22-18-32-75-64(87)46-19-16-23-49(38-46)101-44-60(78-80-72)100-36-35-99-43-59(86)74-31-17-20-47-41-84(63-62(47)65(88)77-66(71)76-63)61-40-55(104-69(7,70)79-81-73)56(103-61)42-102-108(92,93)106-109(94,95)105-107(89,90)91/h10,13-14,16,19,23-29,37-39,41,55-56,60-61H,8-9,11-12,15,18,21-22,30-36,40,42-44H2,1-7H3,(H9-,71,74,75,76,77,86,87,88,89,90,91,92,93,94,95,96,97,98)/p+1/t55-,56-,60?,61-,68?,69-/m1/s1. The first kappa shape index (κ1) is 86.8. The highest BCUT2D eigenvalue weighted by Gasteiger charge is 2.48. The second-order valence-corrected chi connectivity index (χ2v) is 32.5. The summed E-state index contributed by atoms with van der Waals surface area (Å²) in [6, 6.07) is 17.6. The Morgan fingerprint density at radius 2 is 1.73 bits per heavy atom. The van der Waals surface area contributed by atoms with E-state index in [0.717, 1.165) is 49.2 Å². The minimum atomic E-state index is -5.94. The number of ketones is 1. The second-order valence-electron chi connectivity index (χ2n) is 26.6. The molecule has 2 amide bonds. The van der Waals surface area contributed by atoms with Crippen LogP contribution in [0.15, 0.2) is 123 Å². The molecule has 41 heteroatoms. The van der Waals surface area contributed by atoms with Crippen LogP contribution in [0.1, 0.15) is 145 Å². The molecule has 3 aromatic carbocycles. The van der Waals surface area contributed by atoms with Crippen LogP contribution in [0.3, 0.4) is 0 Å². The maximum atomic E-state index is 15.1. The fourth-order valence-electron chi connectivity index (χ4n) is 13.0. The van der Waals surface area contributed by atoms with Crippen LogP contribution in [-0.2, 0) is 76.3 Å². The molecule has 0 spiro atoms. The van der Waals surface area contributed by atoms with Gasteiger partial charge in [-0.1, -0.05) is 79.6 Å². The molecular formula is C69H89FN14O22P3S+. The average Bonchev–Trinajstić information content (AvgIpc) is 1.59. The summed E-state index contributed by atoms with van der Waals surface area (Å²) in [5.41, 5.74) is 30.1. The van der Waals surface area contributed by atoms with E-state index >= 15 is 4.39 Å². The van der Waals surface area contributed by atoms with E-state index in [1.807, 2.05) is 12.2 Å². The number of alkyl halides is 1. The molecule has 0 saturated carbocycles. The number of nitrogens with two attached hydrogens (primary N) is 1. The summed E-state index contributed by atoms with van der Waals surface area (Å²) in [4.78, 5) is 103. The third-order valence-corrected chi connectivity index (χ3v) is 22.5. The van der Waals surface area contributed by atoms with Gasteiger partial charge in [0.15, 0.2) is 17.6 Å². The number of aryl methyl sites for hydroxylation is 1. The van der Waals surface area contributed by atoms with Gasteiger partial charge < -0.3 is 69.1 Å². The Bertz CT molecular complexity index is 4870. The van der Waals surface area contributed by atoms with Crippen molar-refractivity contribution in [3.8, 4) is 17.6 Å². The number of ether oxygens (including phenoxy) is 5. The molecule has 3 aliphatic rings. The number of H-pyrrole nitrogens is 1. The quantitative estimate of drug-likeness (QED) is 0.00168. The number of azide groups is 2. The first-order valence-electron chi connectivity index (χ1n) is 34.9. The average molecular weight is 1610 g/mol. The van der Waals surface area contributed by atoms with E-state index in [2.05, 4.69) is 149 Å². The number of unbranched alkanes of at least 4 members (excludes halogenated alkanes) is 2. The summed E-state index contributed by atoms with van der Waals surface area (Å²) < 4.78 is 129. The summed E-state index contributed by atoms with van der Waals surface area (Å²) in [5, 5.41) is 11.7. The van der Waals surface area contributed by atoms with Crippen LogP contribution in [0.2, 0.25) is 0 Å². The highest BCUT2D eigenvalue weighted by atomic mass is 32.2. The number of nitrogen functional groups attached to an aromatic ring is 1. The summed E-state index contributed by atoms with van der Waals surface area (Å²) >= 11 is 0. The number of phosphoric ester groups is 1. The van der Waals surface area contributed by atoms with Gasteiger partial charge in [0, 0.05) is 102 Å². The molecule has 2 aromatic heterocycles. The lowest BCUT2D eigenvalue weighted by molar-refractivity contribution is -0.437. The van der Waals surface area contributed by atoms with Gasteiger partial charge in [0.25, 0.3) is 27.6 Å². The zero-order valence-corrected chi connectivity index (χ0v) is 64.8. The number of Topliss-reactive ketones (excluding diaryl/α,β-unsaturated/α-hetero) is 1. The number of aromatic nitrogens is 3. The molecule has 8 rings (SSSR count). The van der Waals surface area contributed by atoms with Gasteiger partial charge in [0.2, 0.25) is 17.5 Å². The van der Waals surface area contributed by atoms with E-state index in [4.69, 9.17) is 49.3 Å². The zero-order chi connectivity index (χ0) is 80.4. The van der Waals surface area contributed by atoms with Crippen molar-refractivity contribution in [2.24, 2.45) is 10.2 Å². The van der Waals surface area contributed by atoms with E-state index in [-0.39, 0.29) is 89.3 Å². The monoisotopic (exact) mass is 1610 g/mol. The number of fused-ring (bicyclic) bond motifs is 3. The topological polar surface area (TPSA) is 516 Å². The van der Waals surface area contributed by atoms with Gasteiger partial charge in [-0.25, -0.2) is 18.1 Å². The van der Waals surface area contributed by atoms with Crippen molar-refractivity contribution in [1.29, 1.82) is 0 Å². The summed E-state index contributed by atoms with van der Waals surface area (Å²) in [6.07, 6.45) is 11.1. The maximum absolute atomic E-state index is 15.1. The number of allylic oxidation sites excluding steroid dienone is 6. The molecule has 1 fully saturated rings. The Morgan fingerprint density at radius 1 is 0.964 bits per heavy atom. The number of hydrogen-bond acceptors (Lipinski definition) is 22. The number of anilines is 2. The number of carbonyl (C=O) groups is 3. The third kappa shape index (κ3) is 23.7. The molecule has 10 N–H and O–H groups in total. The summed E-state index contributed by atoms with van der Waals surface area (Å²) in [5.74, 6) is 1.15. The number of halogens is 1. The molecule has 5 heterocycles. The molecule has 5 aromatic rings. The first-order valence-corrected chi connectivity index (χ1v) is 40.9.